The maximum Gasteiger partial charge on any atom is 0.295 e. The number of fused-ring (bicyclic) bond motifs is 1. The molecule has 6 rings (SSSR count). The summed E-state index contributed by atoms with van der Waals surface area (Å²) in [5.74, 6) is 0.0398. The number of para-hydroxylation sites is 1. The minimum Gasteiger partial charge on any atom is -0.505 e. The van der Waals surface area contributed by atoms with Gasteiger partial charge in [0.15, 0.2) is 5.75 Å². The van der Waals surface area contributed by atoms with Crippen molar-refractivity contribution in [1.82, 2.24) is 0 Å². The van der Waals surface area contributed by atoms with Crippen LogP contribution in [0.25, 0.3) is 22.9 Å². The fourth-order valence-electron chi connectivity index (χ4n) is 5.20. The second kappa shape index (κ2) is 14.5. The minimum absolute atomic E-state index is 0.0398. The number of nitro benzene ring substituents is 1. The summed E-state index contributed by atoms with van der Waals surface area (Å²) in [4.78, 5) is 9.74. The largest absolute Gasteiger partial charge is 0.505 e. The summed E-state index contributed by atoms with van der Waals surface area (Å²) in [7, 11) is -4.68. The highest BCUT2D eigenvalue weighted by molar-refractivity contribution is 7.86. The molecule has 0 aromatic heterocycles. The van der Waals surface area contributed by atoms with Crippen molar-refractivity contribution < 1.29 is 23.0 Å². The van der Waals surface area contributed by atoms with Crippen LogP contribution in [0.1, 0.15) is 22.3 Å². The molecule has 0 spiro atoms. The van der Waals surface area contributed by atoms with Crippen LogP contribution < -0.4 is 5.32 Å². The zero-order valence-corrected chi connectivity index (χ0v) is 28.1. The number of phenolic OH excluding ortho intramolecular Hbond substituents is 1. The first-order valence-corrected chi connectivity index (χ1v) is 17.0. The minimum atomic E-state index is -4.68. The number of azo groups is 2. The van der Waals surface area contributed by atoms with Gasteiger partial charge in [0.1, 0.15) is 10.6 Å². The van der Waals surface area contributed by atoms with Crippen molar-refractivity contribution in [2.75, 3.05) is 5.32 Å². The van der Waals surface area contributed by atoms with Crippen LogP contribution in [0.2, 0.25) is 0 Å². The van der Waals surface area contributed by atoms with Gasteiger partial charge in [-0.1, -0.05) is 48.6 Å². The Morgan fingerprint density at radius 1 is 0.706 bits per heavy atom. The molecule has 0 amide bonds. The van der Waals surface area contributed by atoms with Gasteiger partial charge in [-0.25, -0.2) is 0 Å². The molecule has 3 N–H and O–H groups in total. The smallest absolute Gasteiger partial charge is 0.295 e. The van der Waals surface area contributed by atoms with Crippen molar-refractivity contribution in [3.8, 4) is 5.75 Å². The van der Waals surface area contributed by atoms with Crippen LogP contribution >= 0.6 is 0 Å². The Bertz CT molecular complexity index is 2480. The summed E-state index contributed by atoms with van der Waals surface area (Å²) >= 11 is 0. The molecule has 13 heteroatoms. The highest BCUT2D eigenvalue weighted by Crippen LogP contribution is 2.38. The molecule has 6 aromatic rings. The van der Waals surface area contributed by atoms with Crippen molar-refractivity contribution in [3.63, 3.8) is 0 Å². The topological polar surface area (TPSA) is 179 Å². The number of non-ortho nitro benzene ring substituents is 1. The molecule has 51 heavy (non-hydrogen) atoms. The van der Waals surface area contributed by atoms with Gasteiger partial charge in [0, 0.05) is 28.9 Å². The highest BCUT2D eigenvalue weighted by Gasteiger charge is 2.19. The van der Waals surface area contributed by atoms with Gasteiger partial charge in [-0.2, -0.15) is 23.8 Å². The first-order valence-electron chi connectivity index (χ1n) is 15.5. The predicted molar refractivity (Wildman–Crippen MR) is 198 cm³/mol. The second-order valence-electron chi connectivity index (χ2n) is 11.6. The van der Waals surface area contributed by atoms with Gasteiger partial charge in [0.25, 0.3) is 15.8 Å². The Labute approximate surface area is 293 Å². The number of nitrogens with one attached hydrogen (secondary N) is 1. The molecule has 0 saturated heterocycles. The van der Waals surface area contributed by atoms with Crippen LogP contribution in [-0.4, -0.2) is 23.0 Å². The number of nitro groups is 1. The number of hydrogen-bond acceptors (Lipinski definition) is 10. The van der Waals surface area contributed by atoms with Gasteiger partial charge in [-0.15, -0.1) is 5.11 Å². The molecule has 6 aromatic carbocycles. The average molecular weight is 699 g/mol. The van der Waals surface area contributed by atoms with Crippen molar-refractivity contribution in [1.29, 1.82) is 0 Å². The Balaban J connectivity index is 1.14. The van der Waals surface area contributed by atoms with Crippen molar-refractivity contribution in [2.24, 2.45) is 20.5 Å². The van der Waals surface area contributed by atoms with Crippen molar-refractivity contribution in [2.45, 2.75) is 18.7 Å². The fraction of sp³-hybridized carbons (Fsp3) is 0.0526. The monoisotopic (exact) mass is 698 g/mol. The number of nitrogens with zero attached hydrogens (tertiary/aromatic N) is 5. The molecule has 0 radical (unpaired) electrons. The second-order valence-corrected chi connectivity index (χ2v) is 13.0. The maximum atomic E-state index is 11.8. The van der Waals surface area contributed by atoms with Crippen molar-refractivity contribution >= 4 is 72.9 Å². The molecule has 12 nitrogen and oxygen atoms in total. The number of benzene rings is 6. The summed E-state index contributed by atoms with van der Waals surface area (Å²) in [5, 5.41) is 44.4. The number of phenols is 1. The standard InChI is InChI=1S/C38H30N6O6S/c1-24-21-36(43-41-34-19-13-28-22-31(16-18-33(28)38(34)45)39-29-6-4-3-5-7-29)25(2)20-35(24)42-40-30-14-9-26(10-15-30)8-11-27-12-17-32(44(46)47)23-37(27)51(48,49)50/h3-23,39,45H,1-2H3,(H,48,49,50). The number of hydrogen-bond donors (Lipinski definition) is 3. The average Bonchev–Trinajstić information content (AvgIpc) is 3.11. The molecule has 254 valence electrons. The van der Waals surface area contributed by atoms with Crippen LogP contribution in [0.4, 0.5) is 39.8 Å². The SMILES string of the molecule is Cc1cc(N=Nc2ccc3cc(Nc4ccccc4)ccc3c2O)c(C)cc1N=Nc1ccc(C=Cc2ccc([N+](=O)[O-])cc2S(=O)(=O)O)cc1. The third kappa shape index (κ3) is 8.19. The normalized spacial score (nSPS) is 12.0. The Morgan fingerprint density at radius 2 is 1.37 bits per heavy atom. The van der Waals surface area contributed by atoms with Gasteiger partial charge < -0.3 is 10.4 Å². The van der Waals surface area contributed by atoms with E-state index in [0.717, 1.165) is 40.0 Å². The van der Waals surface area contributed by atoms with E-state index in [9.17, 15) is 28.2 Å². The molecule has 0 bridgehead atoms. The first kappa shape index (κ1) is 34.3. The van der Waals surface area contributed by atoms with E-state index in [0.29, 0.717) is 33.7 Å². The van der Waals surface area contributed by atoms with E-state index in [-0.39, 0.29) is 11.3 Å². The van der Waals surface area contributed by atoms with Crippen LogP contribution in [0.15, 0.2) is 141 Å². The van der Waals surface area contributed by atoms with E-state index < -0.39 is 25.6 Å². The van der Waals surface area contributed by atoms with Crippen LogP contribution in [0.5, 0.6) is 5.75 Å². The summed E-state index contributed by atoms with van der Waals surface area (Å²) in [6, 6.07) is 33.0. The molecule has 0 aliphatic heterocycles. The van der Waals surface area contributed by atoms with E-state index in [1.165, 1.54) is 12.1 Å². The lowest BCUT2D eigenvalue weighted by Gasteiger charge is -2.09. The molecular weight excluding hydrogens is 669 g/mol. The summed E-state index contributed by atoms with van der Waals surface area (Å²) in [6.07, 6.45) is 3.05. The van der Waals surface area contributed by atoms with E-state index in [2.05, 4.69) is 25.8 Å². The molecular formula is C38H30N6O6S. The third-order valence-electron chi connectivity index (χ3n) is 7.92. The van der Waals surface area contributed by atoms with Crippen LogP contribution in [0, 0.1) is 24.0 Å². The third-order valence-corrected chi connectivity index (χ3v) is 8.83. The summed E-state index contributed by atoms with van der Waals surface area (Å²) < 4.78 is 33.1. The highest BCUT2D eigenvalue weighted by atomic mass is 32.2. The Kier molecular flexibility index (Phi) is 9.75. The number of aryl methyl sites for hydroxylation is 2. The van der Waals surface area contributed by atoms with E-state index in [4.69, 9.17) is 0 Å². The van der Waals surface area contributed by atoms with E-state index in [1.54, 1.807) is 36.4 Å². The van der Waals surface area contributed by atoms with Crippen LogP contribution in [0.3, 0.4) is 0 Å². The van der Waals surface area contributed by atoms with Gasteiger partial charge in [0.2, 0.25) is 0 Å². The predicted octanol–water partition coefficient (Wildman–Crippen LogP) is 11.1. The molecule has 0 fully saturated rings. The molecule has 0 aliphatic carbocycles. The zero-order valence-electron chi connectivity index (χ0n) is 27.3. The van der Waals surface area contributed by atoms with Gasteiger partial charge in [0.05, 0.1) is 22.0 Å². The summed E-state index contributed by atoms with van der Waals surface area (Å²) in [5.41, 5.74) is 6.00. The quantitative estimate of drug-likeness (QED) is 0.0418. The van der Waals surface area contributed by atoms with Crippen LogP contribution in [-0.2, 0) is 10.1 Å². The van der Waals surface area contributed by atoms with E-state index >= 15 is 0 Å². The molecule has 0 atom stereocenters. The Morgan fingerprint density at radius 3 is 2.04 bits per heavy atom. The lowest BCUT2D eigenvalue weighted by atomic mass is 10.1. The van der Waals surface area contributed by atoms with E-state index in [1.807, 2.05) is 80.6 Å². The lowest BCUT2D eigenvalue weighted by molar-refractivity contribution is -0.385. The molecule has 0 saturated carbocycles. The summed E-state index contributed by atoms with van der Waals surface area (Å²) in [6.45, 7) is 3.77. The molecule has 0 aliphatic rings. The fourth-order valence-corrected chi connectivity index (χ4v) is 5.91. The van der Waals surface area contributed by atoms with Gasteiger partial charge in [-0.05, 0) is 108 Å². The maximum absolute atomic E-state index is 11.8. The van der Waals surface area contributed by atoms with Crippen molar-refractivity contribution in [3.05, 3.63) is 148 Å². The zero-order chi connectivity index (χ0) is 36.1. The number of aromatic hydroxyl groups is 1. The molecule has 0 heterocycles. The number of rotatable bonds is 10. The van der Waals surface area contributed by atoms with Gasteiger partial charge in [-0.3, -0.25) is 14.7 Å². The van der Waals surface area contributed by atoms with Gasteiger partial charge >= 0.3 is 0 Å². The first-order chi connectivity index (χ1) is 24.4. The molecule has 0 unspecified atom stereocenters. The number of anilines is 2. The Hall–Kier alpha value is -6.57. The lowest BCUT2D eigenvalue weighted by Crippen LogP contribution is -2.02.